The van der Waals surface area contributed by atoms with Gasteiger partial charge >= 0.3 is 0 Å². The van der Waals surface area contributed by atoms with Crippen molar-refractivity contribution in [3.05, 3.63) is 29.8 Å². The average molecular weight is 248 g/mol. The van der Waals surface area contributed by atoms with Crippen LogP contribution in [0.25, 0.3) is 0 Å². The lowest BCUT2D eigenvalue weighted by atomic mass is 10.0. The van der Waals surface area contributed by atoms with Gasteiger partial charge in [-0.2, -0.15) is 0 Å². The summed E-state index contributed by atoms with van der Waals surface area (Å²) in [5.41, 5.74) is 1.61. The van der Waals surface area contributed by atoms with Gasteiger partial charge in [-0.05, 0) is 46.8 Å². The Morgan fingerprint density at radius 3 is 2.11 bits per heavy atom. The number of carbonyl (C=O) groups excluding carboxylic acids is 1. The zero-order chi connectivity index (χ0) is 13.8. The number of nitrogens with one attached hydrogen (secondary N) is 1. The predicted octanol–water partition coefficient (Wildman–Crippen LogP) is 3.05. The summed E-state index contributed by atoms with van der Waals surface area (Å²) < 4.78 is 0. The van der Waals surface area contributed by atoms with Crippen LogP contribution in [0.3, 0.4) is 0 Å². The van der Waals surface area contributed by atoms with E-state index in [4.69, 9.17) is 0 Å². The van der Waals surface area contributed by atoms with E-state index in [-0.39, 0.29) is 5.91 Å². The number of aryl methyl sites for hydroxylation is 1. The van der Waals surface area contributed by atoms with Crippen LogP contribution in [0.2, 0.25) is 0 Å². The molecule has 0 saturated carbocycles. The smallest absolute Gasteiger partial charge is 0.247 e. The van der Waals surface area contributed by atoms with Crippen LogP contribution in [0.5, 0.6) is 0 Å². The lowest BCUT2D eigenvalue weighted by molar-refractivity contribution is -0.134. The molecule has 1 aromatic carbocycles. The van der Waals surface area contributed by atoms with E-state index in [1.165, 1.54) is 5.56 Å². The molecule has 0 atom stereocenters. The largest absolute Gasteiger partial charge is 0.372 e. The number of rotatable bonds is 5. The molecule has 0 spiro atoms. The van der Waals surface area contributed by atoms with Gasteiger partial charge < -0.3 is 10.2 Å². The fourth-order valence-corrected chi connectivity index (χ4v) is 1.96. The van der Waals surface area contributed by atoms with E-state index in [1.807, 2.05) is 56.9 Å². The Morgan fingerprint density at radius 2 is 1.67 bits per heavy atom. The molecule has 100 valence electrons. The molecule has 1 N–H and O–H groups in total. The third-order valence-electron chi connectivity index (χ3n) is 3.09. The monoisotopic (exact) mass is 248 g/mol. The second-order valence-corrected chi connectivity index (χ2v) is 5.09. The molecule has 0 aliphatic rings. The second kappa shape index (κ2) is 5.89. The van der Waals surface area contributed by atoms with Crippen molar-refractivity contribution in [1.82, 2.24) is 4.90 Å². The van der Waals surface area contributed by atoms with Crippen LogP contribution in [-0.4, -0.2) is 29.4 Å². The summed E-state index contributed by atoms with van der Waals surface area (Å²) in [7, 11) is 0. The van der Waals surface area contributed by atoms with Gasteiger partial charge in [0.1, 0.15) is 5.54 Å². The Morgan fingerprint density at radius 1 is 1.17 bits per heavy atom. The maximum absolute atomic E-state index is 12.4. The third kappa shape index (κ3) is 3.49. The molecule has 18 heavy (non-hydrogen) atoms. The number of hydrogen-bond acceptors (Lipinski definition) is 2. The molecule has 3 heteroatoms. The third-order valence-corrected chi connectivity index (χ3v) is 3.09. The Kier molecular flexibility index (Phi) is 4.76. The number of likely N-dealkylation sites (N-methyl/N-ethyl adjacent to an activating group) is 1. The molecule has 0 heterocycles. The molecule has 0 radical (unpaired) electrons. The molecule has 1 aromatic rings. The van der Waals surface area contributed by atoms with Crippen LogP contribution in [0.1, 0.15) is 33.3 Å². The maximum atomic E-state index is 12.4. The van der Waals surface area contributed by atoms with Crippen molar-refractivity contribution >= 4 is 11.6 Å². The first-order valence-corrected chi connectivity index (χ1v) is 6.55. The molecule has 1 rings (SSSR count). The van der Waals surface area contributed by atoms with E-state index in [2.05, 4.69) is 12.2 Å². The molecule has 0 fully saturated rings. The molecular formula is C15H24N2O. The van der Waals surface area contributed by atoms with Crippen molar-refractivity contribution in [1.29, 1.82) is 0 Å². The van der Waals surface area contributed by atoms with Crippen molar-refractivity contribution < 1.29 is 4.79 Å². The van der Waals surface area contributed by atoms with Gasteiger partial charge in [0.05, 0.1) is 0 Å². The number of nitrogens with zero attached hydrogens (tertiary/aromatic N) is 1. The van der Waals surface area contributed by atoms with Crippen LogP contribution in [0.4, 0.5) is 5.69 Å². The molecule has 3 nitrogen and oxygen atoms in total. The second-order valence-electron chi connectivity index (χ2n) is 5.09. The zero-order valence-corrected chi connectivity index (χ0v) is 12.1. The normalized spacial score (nSPS) is 11.2. The summed E-state index contributed by atoms with van der Waals surface area (Å²) in [4.78, 5) is 14.2. The quantitative estimate of drug-likeness (QED) is 0.868. The summed E-state index contributed by atoms with van der Waals surface area (Å²) in [6.45, 7) is 11.4. The van der Waals surface area contributed by atoms with Gasteiger partial charge in [0.25, 0.3) is 0 Å². The number of hydrogen-bond donors (Lipinski definition) is 1. The Hall–Kier alpha value is -1.51. The van der Waals surface area contributed by atoms with E-state index in [0.717, 1.165) is 18.8 Å². The van der Waals surface area contributed by atoms with E-state index in [0.29, 0.717) is 0 Å². The average Bonchev–Trinajstić information content (AvgIpc) is 2.33. The van der Waals surface area contributed by atoms with Gasteiger partial charge in [0.2, 0.25) is 5.91 Å². The van der Waals surface area contributed by atoms with Crippen molar-refractivity contribution in [3.63, 3.8) is 0 Å². The number of benzene rings is 1. The Labute approximate surface area is 110 Å². The SMILES string of the molecule is CCN(CC)C(=O)C(C)(C)Nc1ccc(C)cc1. The van der Waals surface area contributed by atoms with Crippen LogP contribution >= 0.6 is 0 Å². The molecule has 0 aliphatic carbocycles. The minimum atomic E-state index is -0.582. The molecule has 0 saturated heterocycles. The van der Waals surface area contributed by atoms with Crippen molar-refractivity contribution in [2.75, 3.05) is 18.4 Å². The van der Waals surface area contributed by atoms with Crippen molar-refractivity contribution in [3.8, 4) is 0 Å². The number of anilines is 1. The number of carbonyl (C=O) groups is 1. The van der Waals surface area contributed by atoms with Gasteiger partial charge in [0, 0.05) is 18.8 Å². The Balaban J connectivity index is 2.80. The van der Waals surface area contributed by atoms with Crippen LogP contribution < -0.4 is 5.32 Å². The zero-order valence-electron chi connectivity index (χ0n) is 12.1. The van der Waals surface area contributed by atoms with Gasteiger partial charge in [-0.3, -0.25) is 4.79 Å². The summed E-state index contributed by atoms with van der Waals surface area (Å²) in [6, 6.07) is 8.10. The highest BCUT2D eigenvalue weighted by atomic mass is 16.2. The standard InChI is InChI=1S/C15H24N2O/c1-6-17(7-2)14(18)15(4,5)16-13-10-8-12(3)9-11-13/h8-11,16H,6-7H2,1-5H3. The fraction of sp³-hybridized carbons (Fsp3) is 0.533. The summed E-state index contributed by atoms with van der Waals surface area (Å²) in [5.74, 6) is 0.132. The molecule has 0 aromatic heterocycles. The minimum absolute atomic E-state index is 0.132. The first-order valence-electron chi connectivity index (χ1n) is 6.55. The molecule has 1 amide bonds. The molecule has 0 aliphatic heterocycles. The van der Waals surface area contributed by atoms with E-state index < -0.39 is 5.54 Å². The minimum Gasteiger partial charge on any atom is -0.372 e. The fourth-order valence-electron chi connectivity index (χ4n) is 1.96. The van der Waals surface area contributed by atoms with Crippen LogP contribution in [0.15, 0.2) is 24.3 Å². The highest BCUT2D eigenvalue weighted by Crippen LogP contribution is 2.18. The van der Waals surface area contributed by atoms with E-state index in [1.54, 1.807) is 0 Å². The first kappa shape index (κ1) is 14.6. The Bertz CT molecular complexity index is 391. The lowest BCUT2D eigenvalue weighted by Crippen LogP contribution is -2.49. The van der Waals surface area contributed by atoms with Crippen LogP contribution in [-0.2, 0) is 4.79 Å². The van der Waals surface area contributed by atoms with Gasteiger partial charge in [-0.25, -0.2) is 0 Å². The molecular weight excluding hydrogens is 224 g/mol. The van der Waals surface area contributed by atoms with E-state index in [9.17, 15) is 4.79 Å². The highest BCUT2D eigenvalue weighted by molar-refractivity contribution is 5.88. The number of amides is 1. The van der Waals surface area contributed by atoms with Crippen LogP contribution in [0, 0.1) is 6.92 Å². The highest BCUT2D eigenvalue weighted by Gasteiger charge is 2.30. The summed E-state index contributed by atoms with van der Waals surface area (Å²) in [6.07, 6.45) is 0. The van der Waals surface area contributed by atoms with E-state index >= 15 is 0 Å². The van der Waals surface area contributed by atoms with Crippen molar-refractivity contribution in [2.45, 2.75) is 40.2 Å². The summed E-state index contributed by atoms with van der Waals surface area (Å²) in [5, 5.41) is 3.30. The first-order chi connectivity index (χ1) is 8.40. The molecule has 0 unspecified atom stereocenters. The van der Waals surface area contributed by atoms with Crippen molar-refractivity contribution in [2.24, 2.45) is 0 Å². The maximum Gasteiger partial charge on any atom is 0.247 e. The molecule has 0 bridgehead atoms. The predicted molar refractivity (Wildman–Crippen MR) is 76.8 cm³/mol. The van der Waals surface area contributed by atoms with Gasteiger partial charge in [-0.15, -0.1) is 0 Å². The lowest BCUT2D eigenvalue weighted by Gasteiger charge is -2.32. The topological polar surface area (TPSA) is 32.3 Å². The van der Waals surface area contributed by atoms with Gasteiger partial charge in [-0.1, -0.05) is 17.7 Å². The van der Waals surface area contributed by atoms with Gasteiger partial charge in [0.15, 0.2) is 0 Å². The summed E-state index contributed by atoms with van der Waals surface area (Å²) >= 11 is 0.